The minimum atomic E-state index is -3.11. The molecule has 20 heavy (non-hydrogen) atoms. The SMILES string of the molecule is O=S1(=O)CCC(NCCc2ncn[nH]2)c2ccccc21. The Morgan fingerprint density at radius 1 is 1.35 bits per heavy atom. The number of sulfone groups is 1. The van der Waals surface area contributed by atoms with Gasteiger partial charge in [0.1, 0.15) is 12.2 Å². The molecular weight excluding hydrogens is 276 g/mol. The van der Waals surface area contributed by atoms with Crippen molar-refractivity contribution in [3.63, 3.8) is 0 Å². The molecule has 0 saturated carbocycles. The second kappa shape index (κ2) is 5.34. The molecule has 0 aliphatic carbocycles. The van der Waals surface area contributed by atoms with Gasteiger partial charge in [0.05, 0.1) is 10.6 Å². The number of aromatic nitrogens is 3. The Bertz CT molecular complexity index is 682. The Morgan fingerprint density at radius 3 is 3.00 bits per heavy atom. The van der Waals surface area contributed by atoms with E-state index in [4.69, 9.17) is 0 Å². The lowest BCUT2D eigenvalue weighted by Gasteiger charge is -2.26. The van der Waals surface area contributed by atoms with Gasteiger partial charge in [-0.3, -0.25) is 5.10 Å². The fourth-order valence-electron chi connectivity index (χ4n) is 2.52. The fourth-order valence-corrected chi connectivity index (χ4v) is 4.14. The number of hydrogen-bond donors (Lipinski definition) is 2. The molecule has 3 rings (SSSR count). The van der Waals surface area contributed by atoms with E-state index in [1.54, 1.807) is 12.1 Å². The lowest BCUT2D eigenvalue weighted by Crippen LogP contribution is -2.31. The van der Waals surface area contributed by atoms with E-state index < -0.39 is 9.84 Å². The van der Waals surface area contributed by atoms with Crippen LogP contribution in [-0.2, 0) is 16.3 Å². The van der Waals surface area contributed by atoms with E-state index >= 15 is 0 Å². The lowest BCUT2D eigenvalue weighted by molar-refractivity contribution is 0.492. The second-order valence-electron chi connectivity index (χ2n) is 4.83. The molecule has 0 radical (unpaired) electrons. The monoisotopic (exact) mass is 292 g/mol. The smallest absolute Gasteiger partial charge is 0.178 e. The van der Waals surface area contributed by atoms with Crippen LogP contribution in [0.1, 0.15) is 23.9 Å². The van der Waals surface area contributed by atoms with Gasteiger partial charge in [0.25, 0.3) is 0 Å². The zero-order chi connectivity index (χ0) is 14.0. The maximum absolute atomic E-state index is 12.0. The summed E-state index contributed by atoms with van der Waals surface area (Å²) in [5, 5.41) is 10.0. The number of aromatic amines is 1. The highest BCUT2D eigenvalue weighted by molar-refractivity contribution is 7.91. The van der Waals surface area contributed by atoms with Crippen LogP contribution >= 0.6 is 0 Å². The number of fused-ring (bicyclic) bond motifs is 1. The van der Waals surface area contributed by atoms with Crippen LogP contribution in [0.3, 0.4) is 0 Å². The molecule has 2 N–H and O–H groups in total. The Hall–Kier alpha value is -1.73. The van der Waals surface area contributed by atoms with Crippen molar-refractivity contribution < 1.29 is 8.42 Å². The molecule has 2 aromatic rings. The number of nitrogens with one attached hydrogen (secondary N) is 2. The first kappa shape index (κ1) is 13.3. The molecular formula is C13H16N4O2S. The van der Waals surface area contributed by atoms with E-state index in [0.29, 0.717) is 11.3 Å². The third-order valence-electron chi connectivity index (χ3n) is 3.52. The molecule has 7 heteroatoms. The number of benzene rings is 1. The molecule has 1 aliphatic heterocycles. The van der Waals surface area contributed by atoms with Crippen molar-refractivity contribution in [1.29, 1.82) is 0 Å². The predicted molar refractivity (Wildman–Crippen MR) is 73.9 cm³/mol. The normalized spacial score (nSPS) is 20.5. The highest BCUT2D eigenvalue weighted by Gasteiger charge is 2.29. The zero-order valence-corrected chi connectivity index (χ0v) is 11.7. The molecule has 1 unspecified atom stereocenters. The largest absolute Gasteiger partial charge is 0.309 e. The summed E-state index contributed by atoms with van der Waals surface area (Å²) in [5.74, 6) is 1.03. The minimum Gasteiger partial charge on any atom is -0.309 e. The average Bonchev–Trinajstić information content (AvgIpc) is 2.95. The molecule has 106 valence electrons. The van der Waals surface area contributed by atoms with Gasteiger partial charge in [-0.1, -0.05) is 18.2 Å². The van der Waals surface area contributed by atoms with Gasteiger partial charge in [-0.2, -0.15) is 5.10 Å². The van der Waals surface area contributed by atoms with E-state index in [9.17, 15) is 8.42 Å². The Labute approximate surface area is 117 Å². The van der Waals surface area contributed by atoms with Crippen molar-refractivity contribution in [2.45, 2.75) is 23.8 Å². The minimum absolute atomic E-state index is 0.0812. The van der Waals surface area contributed by atoms with Gasteiger partial charge in [-0.15, -0.1) is 0 Å². The zero-order valence-electron chi connectivity index (χ0n) is 10.9. The molecule has 0 saturated heterocycles. The lowest BCUT2D eigenvalue weighted by atomic mass is 10.0. The van der Waals surface area contributed by atoms with Crippen LogP contribution in [-0.4, -0.2) is 35.9 Å². The number of nitrogens with zero attached hydrogens (tertiary/aromatic N) is 2. The molecule has 0 amide bonds. The van der Waals surface area contributed by atoms with Gasteiger partial charge in [0.15, 0.2) is 9.84 Å². The van der Waals surface area contributed by atoms with Gasteiger partial charge in [-0.05, 0) is 18.1 Å². The van der Waals surface area contributed by atoms with Crippen LogP contribution in [0.4, 0.5) is 0 Å². The van der Waals surface area contributed by atoms with E-state index in [2.05, 4.69) is 20.5 Å². The van der Waals surface area contributed by atoms with Crippen molar-refractivity contribution in [3.8, 4) is 0 Å². The van der Waals surface area contributed by atoms with Crippen LogP contribution in [0, 0.1) is 0 Å². The van der Waals surface area contributed by atoms with Crippen LogP contribution in [0.2, 0.25) is 0 Å². The molecule has 6 nitrogen and oxygen atoms in total. The van der Waals surface area contributed by atoms with Gasteiger partial charge < -0.3 is 5.32 Å². The number of H-pyrrole nitrogens is 1. The standard InChI is InChI=1S/C13H16N4O2S/c18-20(19)8-6-11(10-3-1-2-4-12(10)20)14-7-5-13-15-9-16-17-13/h1-4,9,11,14H,5-8H2,(H,15,16,17). The number of hydrogen-bond acceptors (Lipinski definition) is 5. The summed E-state index contributed by atoms with van der Waals surface area (Å²) >= 11 is 0. The summed E-state index contributed by atoms with van der Waals surface area (Å²) < 4.78 is 24.1. The number of rotatable bonds is 4. The molecule has 1 aromatic heterocycles. The quantitative estimate of drug-likeness (QED) is 0.872. The highest BCUT2D eigenvalue weighted by Crippen LogP contribution is 2.31. The van der Waals surface area contributed by atoms with E-state index in [0.717, 1.165) is 24.4 Å². The topological polar surface area (TPSA) is 87.7 Å². The molecule has 1 atom stereocenters. The van der Waals surface area contributed by atoms with Gasteiger partial charge in [-0.25, -0.2) is 13.4 Å². The van der Waals surface area contributed by atoms with E-state index in [1.165, 1.54) is 6.33 Å². The Balaban J connectivity index is 1.72. The van der Waals surface area contributed by atoms with E-state index in [-0.39, 0.29) is 11.8 Å². The van der Waals surface area contributed by atoms with Crippen molar-refractivity contribution in [2.75, 3.05) is 12.3 Å². The van der Waals surface area contributed by atoms with Crippen molar-refractivity contribution in [2.24, 2.45) is 0 Å². The fraction of sp³-hybridized carbons (Fsp3) is 0.385. The first-order valence-electron chi connectivity index (χ1n) is 6.56. The predicted octanol–water partition coefficient (Wildman–Crippen LogP) is 0.855. The summed E-state index contributed by atoms with van der Waals surface area (Å²) in [6.07, 6.45) is 2.83. The van der Waals surface area contributed by atoms with Gasteiger partial charge >= 0.3 is 0 Å². The third kappa shape index (κ3) is 2.59. The van der Waals surface area contributed by atoms with Crippen LogP contribution in [0.15, 0.2) is 35.5 Å². The highest BCUT2D eigenvalue weighted by atomic mass is 32.2. The Kier molecular flexibility index (Phi) is 3.54. The maximum Gasteiger partial charge on any atom is 0.178 e. The first-order chi connectivity index (χ1) is 9.67. The summed E-state index contributed by atoms with van der Waals surface area (Å²) in [7, 11) is -3.11. The molecule has 0 bridgehead atoms. The van der Waals surface area contributed by atoms with Gasteiger partial charge in [0.2, 0.25) is 0 Å². The summed E-state index contributed by atoms with van der Waals surface area (Å²) in [6, 6.07) is 7.31. The van der Waals surface area contributed by atoms with Crippen LogP contribution in [0.5, 0.6) is 0 Å². The van der Waals surface area contributed by atoms with Crippen LogP contribution < -0.4 is 5.32 Å². The Morgan fingerprint density at radius 2 is 2.20 bits per heavy atom. The molecule has 1 aromatic carbocycles. The van der Waals surface area contributed by atoms with E-state index in [1.807, 2.05) is 12.1 Å². The van der Waals surface area contributed by atoms with Gasteiger partial charge in [0, 0.05) is 19.0 Å². The first-order valence-corrected chi connectivity index (χ1v) is 8.21. The van der Waals surface area contributed by atoms with Crippen molar-refractivity contribution in [3.05, 3.63) is 42.0 Å². The summed E-state index contributed by atoms with van der Waals surface area (Å²) in [6.45, 7) is 0.730. The van der Waals surface area contributed by atoms with Crippen LogP contribution in [0.25, 0.3) is 0 Å². The third-order valence-corrected chi connectivity index (χ3v) is 5.34. The summed E-state index contributed by atoms with van der Waals surface area (Å²) in [5.41, 5.74) is 0.872. The average molecular weight is 292 g/mol. The molecule has 0 spiro atoms. The second-order valence-corrected chi connectivity index (χ2v) is 6.91. The van der Waals surface area contributed by atoms with Crippen molar-refractivity contribution >= 4 is 9.84 Å². The maximum atomic E-state index is 12.0. The van der Waals surface area contributed by atoms with Crippen molar-refractivity contribution in [1.82, 2.24) is 20.5 Å². The molecule has 0 fully saturated rings. The summed E-state index contributed by atoms with van der Waals surface area (Å²) in [4.78, 5) is 4.53. The molecule has 2 heterocycles. The molecule has 1 aliphatic rings.